The van der Waals surface area contributed by atoms with Crippen molar-refractivity contribution in [2.45, 2.75) is 172 Å². The Morgan fingerprint density at radius 2 is 1.44 bits per heavy atom. The highest BCUT2D eigenvalue weighted by Crippen LogP contribution is 2.75. The van der Waals surface area contributed by atoms with Crippen LogP contribution in [0.5, 0.6) is 0 Å². The van der Waals surface area contributed by atoms with Gasteiger partial charge in [0.25, 0.3) is 0 Å². The lowest BCUT2D eigenvalue weighted by Crippen LogP contribution is -2.68. The maximum Gasteiger partial charge on any atom is 0.187 e. The number of aliphatic hydroxyl groups excluding tert-OH is 8. The summed E-state index contributed by atoms with van der Waals surface area (Å²) in [5.41, 5.74) is -1.21. The lowest BCUT2D eigenvalue weighted by molar-refractivity contribution is -0.335. The molecule has 2 saturated heterocycles. The summed E-state index contributed by atoms with van der Waals surface area (Å²) in [6.07, 6.45) is -0.307. The largest absolute Gasteiger partial charge is 0.396 e. The topological polar surface area (TPSA) is 199 Å². The fourth-order valence-corrected chi connectivity index (χ4v) is 14.3. The predicted octanol–water partition coefficient (Wildman–Crippen LogP) is 2.05. The van der Waals surface area contributed by atoms with Crippen LogP contribution >= 0.6 is 0 Å². The van der Waals surface area contributed by atoms with E-state index in [2.05, 4.69) is 46.8 Å². The van der Waals surface area contributed by atoms with E-state index in [1.807, 2.05) is 6.92 Å². The van der Waals surface area contributed by atoms with Crippen LogP contribution in [-0.4, -0.2) is 134 Å². The van der Waals surface area contributed by atoms with Gasteiger partial charge in [-0.1, -0.05) is 53.7 Å². The molecule has 2 aliphatic heterocycles. The van der Waals surface area contributed by atoms with E-state index < -0.39 is 73.2 Å². The van der Waals surface area contributed by atoms with Gasteiger partial charge in [-0.25, -0.2) is 0 Å². The highest BCUT2D eigenvalue weighted by Gasteiger charge is 2.75. The maximum atomic E-state index is 12.0. The molecule has 54 heavy (non-hydrogen) atoms. The van der Waals surface area contributed by atoms with Crippen molar-refractivity contribution in [3.63, 3.8) is 0 Å². The Morgan fingerprint density at radius 3 is 2.15 bits per heavy atom. The van der Waals surface area contributed by atoms with E-state index in [-0.39, 0.29) is 63.6 Å². The Hall–Kier alpha value is -0.740. The van der Waals surface area contributed by atoms with Crippen molar-refractivity contribution < 1.29 is 59.8 Å². The highest BCUT2D eigenvalue weighted by atomic mass is 16.7. The van der Waals surface area contributed by atoms with Crippen molar-refractivity contribution in [1.82, 2.24) is 0 Å². The fourth-order valence-electron chi connectivity index (χ4n) is 14.3. The molecule has 2 bridgehead atoms. The molecule has 0 aromatic rings. The van der Waals surface area contributed by atoms with Crippen LogP contribution in [0.1, 0.15) is 99.3 Å². The molecule has 0 aromatic heterocycles. The third-order valence-corrected chi connectivity index (χ3v) is 17.6. The maximum absolute atomic E-state index is 12.0. The number of aliphatic hydroxyl groups is 8. The second-order valence-electron chi connectivity index (χ2n) is 20.9. The van der Waals surface area contributed by atoms with Gasteiger partial charge in [-0.2, -0.15) is 0 Å². The van der Waals surface area contributed by atoms with Crippen LogP contribution in [-0.2, 0) is 18.9 Å². The van der Waals surface area contributed by atoms with Gasteiger partial charge in [0.05, 0.1) is 49.8 Å². The van der Waals surface area contributed by atoms with E-state index in [0.717, 1.165) is 44.9 Å². The molecule has 6 aliphatic carbocycles. The lowest BCUT2D eigenvalue weighted by Gasteiger charge is -2.69. The zero-order chi connectivity index (χ0) is 39.0. The molecule has 12 nitrogen and oxygen atoms in total. The molecule has 0 radical (unpaired) electrons. The lowest BCUT2D eigenvalue weighted by atomic mass is 9.36. The molecule has 8 N–H and O–H groups in total. The molecular formula is C42H68O12. The van der Waals surface area contributed by atoms with Crippen molar-refractivity contribution in [3.8, 4) is 0 Å². The molecule has 8 rings (SSSR count). The van der Waals surface area contributed by atoms with Crippen LogP contribution in [0.2, 0.25) is 0 Å². The van der Waals surface area contributed by atoms with E-state index >= 15 is 0 Å². The molecule has 12 heteroatoms. The summed E-state index contributed by atoms with van der Waals surface area (Å²) in [6, 6.07) is 0. The minimum absolute atomic E-state index is 0.0915. The number of allylic oxidation sites excluding steroid dienone is 1. The molecular weight excluding hydrogens is 696 g/mol. The second-order valence-corrected chi connectivity index (χ2v) is 20.9. The minimum atomic E-state index is -1.68. The Morgan fingerprint density at radius 1 is 0.741 bits per heavy atom. The predicted molar refractivity (Wildman–Crippen MR) is 195 cm³/mol. The summed E-state index contributed by atoms with van der Waals surface area (Å²) >= 11 is 0. The van der Waals surface area contributed by atoms with E-state index in [1.165, 1.54) is 0 Å². The first-order valence-electron chi connectivity index (χ1n) is 20.9. The van der Waals surface area contributed by atoms with Crippen molar-refractivity contribution >= 4 is 0 Å². The highest BCUT2D eigenvalue weighted by molar-refractivity contribution is 5.32. The standard InChI is InChI=1S/C42H68O12/c1-21-15-22(32(48)35(30(21)46)54-36-34(50)33(49)31(47)23(18-43)53-36)52-29-9-11-38(4)24-8-12-42-26(39(24,5)10-7-25(38)40(29,6)19-44)16-28(45)41(20-51-42)14-13-37(2,3)17-27(41)42/h8,12,21-36,43-50H,7,9-11,13-20H2,1-6H3/t21-,22+,23?,24+,25+,26?,27+,28-,29-,30-,31+,32-,33?,34?,35-,36-,38+,39+,40-,41+,42+/m0/s1. The molecule has 0 amide bonds. The monoisotopic (exact) mass is 764 g/mol. The van der Waals surface area contributed by atoms with Gasteiger partial charge in [0.2, 0.25) is 0 Å². The van der Waals surface area contributed by atoms with Crippen molar-refractivity contribution in [1.29, 1.82) is 0 Å². The number of fused-ring (bicyclic) bond motifs is 4. The van der Waals surface area contributed by atoms with Gasteiger partial charge < -0.3 is 59.8 Å². The van der Waals surface area contributed by atoms with E-state index in [0.29, 0.717) is 25.4 Å². The van der Waals surface area contributed by atoms with Crippen LogP contribution in [0.4, 0.5) is 0 Å². The Balaban J connectivity index is 1.03. The summed E-state index contributed by atoms with van der Waals surface area (Å²) in [7, 11) is 0. The van der Waals surface area contributed by atoms with Gasteiger partial charge in [-0.15, -0.1) is 0 Å². The van der Waals surface area contributed by atoms with Crippen LogP contribution in [0.15, 0.2) is 12.2 Å². The molecule has 4 unspecified atom stereocenters. The first kappa shape index (κ1) is 40.1. The van der Waals surface area contributed by atoms with Gasteiger partial charge >= 0.3 is 0 Å². The molecule has 8 aliphatic rings. The summed E-state index contributed by atoms with van der Waals surface area (Å²) in [6.45, 7) is 13.4. The molecule has 308 valence electrons. The average molecular weight is 765 g/mol. The first-order chi connectivity index (χ1) is 25.3. The zero-order valence-electron chi connectivity index (χ0n) is 33.1. The summed E-state index contributed by atoms with van der Waals surface area (Å²) < 4.78 is 25.4. The van der Waals surface area contributed by atoms with Gasteiger partial charge in [-0.05, 0) is 91.8 Å². The third kappa shape index (κ3) is 5.51. The van der Waals surface area contributed by atoms with Crippen molar-refractivity contribution in [2.75, 3.05) is 19.8 Å². The van der Waals surface area contributed by atoms with Gasteiger partial charge in [0.15, 0.2) is 6.29 Å². The Labute approximate surface area is 320 Å². The molecule has 1 spiro atoms. The molecule has 21 atom stereocenters. The third-order valence-electron chi connectivity index (χ3n) is 17.6. The summed E-state index contributed by atoms with van der Waals surface area (Å²) in [5, 5.41) is 87.0. The fraction of sp³-hybridized carbons (Fsp3) is 0.952. The molecule has 7 fully saturated rings. The smallest absolute Gasteiger partial charge is 0.187 e. The quantitative estimate of drug-likeness (QED) is 0.184. The van der Waals surface area contributed by atoms with Crippen molar-refractivity contribution in [2.24, 2.45) is 56.7 Å². The average Bonchev–Trinajstić information content (AvgIpc) is 3.37. The minimum Gasteiger partial charge on any atom is -0.396 e. The number of ether oxygens (including phenoxy) is 4. The Kier molecular flexibility index (Phi) is 9.93. The number of hydrogen-bond acceptors (Lipinski definition) is 12. The van der Waals surface area contributed by atoms with Crippen LogP contribution in [0, 0.1) is 56.7 Å². The first-order valence-corrected chi connectivity index (χ1v) is 20.9. The molecule has 0 aromatic carbocycles. The van der Waals surface area contributed by atoms with Gasteiger partial charge in [0, 0.05) is 22.7 Å². The molecule has 5 saturated carbocycles. The summed E-state index contributed by atoms with van der Waals surface area (Å²) in [4.78, 5) is 0. The van der Waals surface area contributed by atoms with Crippen LogP contribution < -0.4 is 0 Å². The Bertz CT molecular complexity index is 1440. The van der Waals surface area contributed by atoms with Crippen LogP contribution in [0.3, 0.4) is 0 Å². The number of rotatable bonds is 6. The van der Waals surface area contributed by atoms with Crippen LogP contribution in [0.25, 0.3) is 0 Å². The zero-order valence-corrected chi connectivity index (χ0v) is 33.1. The SMILES string of the molecule is C[C@H]1C[C@@H](O[C@H]2CC[C@@]3(C)[C@@H](CC[C@@]4(C)C5C[C@H](O)[C@@]67CCC(C)(C)C[C@H]6[C@]5(C=C[C@H]34)OC7)[C@]2(C)CO)[C@H](O)[C@@H](O[C@@H]2OC(CO)[C@@H](O)C(O)C2O)[C@H]1O. The van der Waals surface area contributed by atoms with E-state index in [1.54, 1.807) is 0 Å². The van der Waals surface area contributed by atoms with Crippen molar-refractivity contribution in [3.05, 3.63) is 12.2 Å². The van der Waals surface area contributed by atoms with Gasteiger partial charge in [0.1, 0.15) is 36.6 Å². The summed E-state index contributed by atoms with van der Waals surface area (Å²) in [5.74, 6) is 0.460. The second kappa shape index (κ2) is 13.4. The van der Waals surface area contributed by atoms with E-state index in [4.69, 9.17) is 18.9 Å². The molecule has 2 heterocycles. The number of hydrogen-bond donors (Lipinski definition) is 8. The van der Waals surface area contributed by atoms with E-state index in [9.17, 15) is 40.9 Å². The normalized spacial score (nSPS) is 59.1. The van der Waals surface area contributed by atoms with Gasteiger partial charge in [-0.3, -0.25) is 0 Å².